The van der Waals surface area contributed by atoms with Gasteiger partial charge in [-0.25, -0.2) is 4.98 Å². The fourth-order valence-corrected chi connectivity index (χ4v) is 1.23. The molecule has 0 amide bonds. The summed E-state index contributed by atoms with van der Waals surface area (Å²) in [5.41, 5.74) is 1.29. The Kier molecular flexibility index (Phi) is 3.03. The molecule has 0 aliphatic rings. The van der Waals surface area contributed by atoms with Gasteiger partial charge >= 0.3 is 0 Å². The minimum absolute atomic E-state index is 0.504. The molecule has 0 atom stereocenters. The second-order valence-electron chi connectivity index (χ2n) is 2.39. The minimum Gasteiger partial charge on any atom is -0.373 e. The van der Waals surface area contributed by atoms with Gasteiger partial charge < -0.3 is 10.7 Å². The fourth-order valence-electron chi connectivity index (χ4n) is 0.975. The number of rotatable bonds is 3. The number of nitrogens with zero attached hydrogens (tertiary/aromatic N) is 1. The average molecular weight is 196 g/mol. The van der Waals surface area contributed by atoms with E-state index in [1.54, 1.807) is 19.2 Å². The van der Waals surface area contributed by atoms with Crippen molar-refractivity contribution in [1.29, 1.82) is 5.41 Å². The number of nitrogens with one attached hydrogen (secondary N) is 2. The van der Waals surface area contributed by atoms with Crippen molar-refractivity contribution in [3.63, 3.8) is 0 Å². The SMILES string of the molecule is C=Cc1cc(Cl)c(C=N)c(NC)n1. The first-order valence-corrected chi connectivity index (χ1v) is 4.12. The van der Waals surface area contributed by atoms with Crippen LogP contribution in [0.25, 0.3) is 6.08 Å². The zero-order valence-electron chi connectivity index (χ0n) is 7.26. The Hall–Kier alpha value is -1.35. The normalized spacial score (nSPS) is 9.38. The van der Waals surface area contributed by atoms with Crippen molar-refractivity contribution in [3.05, 3.63) is 28.9 Å². The van der Waals surface area contributed by atoms with Crippen LogP contribution in [0.5, 0.6) is 0 Å². The Bertz CT molecular complexity index is 347. The van der Waals surface area contributed by atoms with E-state index in [1.807, 2.05) is 0 Å². The smallest absolute Gasteiger partial charge is 0.136 e. The van der Waals surface area contributed by atoms with Crippen LogP contribution >= 0.6 is 11.6 Å². The topological polar surface area (TPSA) is 48.8 Å². The molecular formula is C9H10ClN3. The number of halogens is 1. The number of hydrogen-bond acceptors (Lipinski definition) is 3. The highest BCUT2D eigenvalue weighted by Gasteiger charge is 2.06. The number of aromatic nitrogens is 1. The Balaban J connectivity index is 3.36. The lowest BCUT2D eigenvalue weighted by atomic mass is 10.2. The molecule has 1 aromatic heterocycles. The summed E-state index contributed by atoms with van der Waals surface area (Å²) in [4.78, 5) is 4.18. The van der Waals surface area contributed by atoms with Crippen LogP contribution in [0.2, 0.25) is 5.02 Å². The molecule has 0 bridgehead atoms. The first kappa shape index (κ1) is 9.74. The molecule has 1 heterocycles. The predicted octanol–water partition coefficient (Wildman–Crippen LogP) is 2.42. The summed E-state index contributed by atoms with van der Waals surface area (Å²) < 4.78 is 0. The Morgan fingerprint density at radius 3 is 2.85 bits per heavy atom. The Labute approximate surface area is 82.0 Å². The third-order valence-electron chi connectivity index (χ3n) is 1.62. The van der Waals surface area contributed by atoms with E-state index >= 15 is 0 Å². The molecule has 0 aliphatic carbocycles. The number of pyridine rings is 1. The lowest BCUT2D eigenvalue weighted by Gasteiger charge is -2.06. The van der Waals surface area contributed by atoms with Gasteiger partial charge in [-0.1, -0.05) is 18.2 Å². The summed E-state index contributed by atoms with van der Waals surface area (Å²) in [6.07, 6.45) is 2.79. The van der Waals surface area contributed by atoms with E-state index in [4.69, 9.17) is 17.0 Å². The molecular weight excluding hydrogens is 186 g/mol. The van der Waals surface area contributed by atoms with Crippen molar-refractivity contribution < 1.29 is 0 Å². The van der Waals surface area contributed by atoms with Crippen LogP contribution in [0, 0.1) is 5.41 Å². The summed E-state index contributed by atoms with van der Waals surface area (Å²) in [6.45, 7) is 3.60. The average Bonchev–Trinajstić information content (AvgIpc) is 2.16. The molecule has 2 N–H and O–H groups in total. The van der Waals surface area contributed by atoms with E-state index in [9.17, 15) is 0 Å². The Morgan fingerprint density at radius 1 is 1.69 bits per heavy atom. The highest BCUT2D eigenvalue weighted by atomic mass is 35.5. The molecule has 0 aliphatic heterocycles. The molecule has 68 valence electrons. The number of hydrogen-bond donors (Lipinski definition) is 2. The molecule has 13 heavy (non-hydrogen) atoms. The van der Waals surface area contributed by atoms with Crippen molar-refractivity contribution in [2.45, 2.75) is 0 Å². The standard InChI is InChI=1S/C9H10ClN3/c1-3-6-4-8(10)7(5-11)9(12-2)13-6/h3-5,11H,1H2,2H3,(H,12,13). The molecule has 0 saturated heterocycles. The summed E-state index contributed by atoms with van der Waals surface area (Å²) in [5.74, 6) is 0.595. The highest BCUT2D eigenvalue weighted by molar-refractivity contribution is 6.33. The largest absolute Gasteiger partial charge is 0.373 e. The van der Waals surface area contributed by atoms with E-state index in [1.165, 1.54) is 6.21 Å². The first-order chi connectivity index (χ1) is 6.22. The monoisotopic (exact) mass is 195 g/mol. The van der Waals surface area contributed by atoms with Gasteiger partial charge in [0.2, 0.25) is 0 Å². The van der Waals surface area contributed by atoms with Crippen LogP contribution in [0.15, 0.2) is 12.6 Å². The molecule has 0 fully saturated rings. The van der Waals surface area contributed by atoms with Crippen LogP contribution in [0.4, 0.5) is 5.82 Å². The second kappa shape index (κ2) is 4.05. The third kappa shape index (κ3) is 1.87. The van der Waals surface area contributed by atoms with E-state index in [2.05, 4.69) is 16.9 Å². The summed E-state index contributed by atoms with van der Waals surface area (Å²) >= 11 is 5.91. The van der Waals surface area contributed by atoms with Crippen LogP contribution < -0.4 is 5.32 Å². The van der Waals surface area contributed by atoms with Crippen molar-refractivity contribution >= 4 is 29.7 Å². The minimum atomic E-state index is 0.504. The molecule has 0 saturated carbocycles. The van der Waals surface area contributed by atoms with Crippen molar-refractivity contribution in [2.24, 2.45) is 0 Å². The molecule has 0 radical (unpaired) electrons. The van der Waals surface area contributed by atoms with E-state index in [0.717, 1.165) is 0 Å². The summed E-state index contributed by atoms with van der Waals surface area (Å²) in [7, 11) is 1.73. The van der Waals surface area contributed by atoms with Gasteiger partial charge in [0, 0.05) is 13.3 Å². The zero-order valence-corrected chi connectivity index (χ0v) is 8.02. The van der Waals surface area contributed by atoms with Gasteiger partial charge in [0.15, 0.2) is 0 Å². The van der Waals surface area contributed by atoms with Gasteiger partial charge in [0.1, 0.15) is 5.82 Å². The van der Waals surface area contributed by atoms with Gasteiger partial charge in [-0.3, -0.25) is 0 Å². The molecule has 0 unspecified atom stereocenters. The molecule has 4 heteroatoms. The van der Waals surface area contributed by atoms with Gasteiger partial charge in [0.25, 0.3) is 0 Å². The van der Waals surface area contributed by atoms with Crippen molar-refractivity contribution in [1.82, 2.24) is 4.98 Å². The zero-order chi connectivity index (χ0) is 9.84. The van der Waals surface area contributed by atoms with Crippen LogP contribution in [0.3, 0.4) is 0 Å². The quantitative estimate of drug-likeness (QED) is 0.728. The predicted molar refractivity (Wildman–Crippen MR) is 56.8 cm³/mol. The summed E-state index contributed by atoms with van der Waals surface area (Å²) in [6, 6.07) is 1.68. The third-order valence-corrected chi connectivity index (χ3v) is 1.93. The lowest BCUT2D eigenvalue weighted by Crippen LogP contribution is -2.00. The van der Waals surface area contributed by atoms with Crippen LogP contribution in [-0.2, 0) is 0 Å². The summed E-state index contributed by atoms with van der Waals surface area (Å²) in [5, 5.41) is 10.5. The molecule has 0 spiro atoms. The van der Waals surface area contributed by atoms with Gasteiger partial charge in [-0.05, 0) is 12.1 Å². The van der Waals surface area contributed by atoms with E-state index in [0.29, 0.717) is 22.1 Å². The van der Waals surface area contributed by atoms with E-state index in [-0.39, 0.29) is 0 Å². The maximum atomic E-state index is 7.14. The fraction of sp³-hybridized carbons (Fsp3) is 0.111. The van der Waals surface area contributed by atoms with Crippen molar-refractivity contribution in [3.8, 4) is 0 Å². The Morgan fingerprint density at radius 2 is 2.38 bits per heavy atom. The van der Waals surface area contributed by atoms with Crippen LogP contribution in [0.1, 0.15) is 11.3 Å². The molecule has 1 aromatic rings. The van der Waals surface area contributed by atoms with Gasteiger partial charge in [-0.2, -0.15) is 0 Å². The second-order valence-corrected chi connectivity index (χ2v) is 2.80. The highest BCUT2D eigenvalue weighted by Crippen LogP contribution is 2.22. The number of anilines is 1. The molecule has 1 rings (SSSR count). The maximum absolute atomic E-state index is 7.14. The first-order valence-electron chi connectivity index (χ1n) is 3.74. The molecule has 3 nitrogen and oxygen atoms in total. The van der Waals surface area contributed by atoms with E-state index < -0.39 is 0 Å². The van der Waals surface area contributed by atoms with Crippen molar-refractivity contribution in [2.75, 3.05) is 12.4 Å². The molecule has 0 aromatic carbocycles. The lowest BCUT2D eigenvalue weighted by molar-refractivity contribution is 1.25. The van der Waals surface area contributed by atoms with Gasteiger partial charge in [-0.15, -0.1) is 0 Å². The van der Waals surface area contributed by atoms with Gasteiger partial charge in [0.05, 0.1) is 16.3 Å². The maximum Gasteiger partial charge on any atom is 0.136 e. The van der Waals surface area contributed by atoms with Crippen LogP contribution in [-0.4, -0.2) is 18.2 Å².